The molecule has 1 aliphatic carbocycles. The second-order valence-electron chi connectivity index (χ2n) is 5.20. The molecule has 3 heteroatoms. The van der Waals surface area contributed by atoms with Gasteiger partial charge >= 0.3 is 0 Å². The number of hydrogen-bond acceptors (Lipinski definition) is 2. The van der Waals surface area contributed by atoms with Crippen molar-refractivity contribution >= 4 is 5.91 Å². The molecule has 0 aromatic carbocycles. The molecular weight excluding hydrogens is 238 g/mol. The van der Waals surface area contributed by atoms with Crippen molar-refractivity contribution in [2.24, 2.45) is 11.8 Å². The van der Waals surface area contributed by atoms with E-state index < -0.39 is 0 Å². The van der Waals surface area contributed by atoms with Crippen LogP contribution in [0.1, 0.15) is 46.0 Å². The fourth-order valence-electron chi connectivity index (χ4n) is 3.02. The van der Waals surface area contributed by atoms with Crippen LogP contribution >= 0.6 is 0 Å². The third-order valence-electron chi connectivity index (χ3n) is 4.15. The van der Waals surface area contributed by atoms with Crippen molar-refractivity contribution < 1.29 is 9.53 Å². The quantitative estimate of drug-likeness (QED) is 0.719. The van der Waals surface area contributed by atoms with E-state index in [0.717, 1.165) is 44.9 Å². The normalized spacial score (nSPS) is 28.4. The van der Waals surface area contributed by atoms with Crippen LogP contribution in [0.5, 0.6) is 0 Å². The molecule has 0 bridgehead atoms. The van der Waals surface area contributed by atoms with E-state index in [1.807, 2.05) is 13.8 Å². The van der Waals surface area contributed by atoms with Crippen LogP contribution < -0.4 is 0 Å². The summed E-state index contributed by atoms with van der Waals surface area (Å²) in [6, 6.07) is 0.636. The number of rotatable bonds is 2. The van der Waals surface area contributed by atoms with Crippen molar-refractivity contribution in [3.8, 4) is 0 Å². The minimum absolute atomic E-state index is 0.409. The Bertz CT molecular complexity index is 274. The zero-order chi connectivity index (χ0) is 14.3. The lowest BCUT2D eigenvalue weighted by Gasteiger charge is -2.25. The number of ether oxygens (including phenoxy) is 1. The number of likely N-dealkylation sites (tertiary alicyclic amines) is 1. The molecule has 0 N–H and O–H groups in total. The van der Waals surface area contributed by atoms with E-state index in [4.69, 9.17) is 4.74 Å². The Morgan fingerprint density at radius 2 is 1.84 bits per heavy atom. The van der Waals surface area contributed by atoms with Crippen LogP contribution in [0.3, 0.4) is 0 Å². The predicted octanol–water partition coefficient (Wildman–Crippen LogP) is 3.25. The van der Waals surface area contributed by atoms with Crippen molar-refractivity contribution in [2.45, 2.75) is 52.0 Å². The Kier molecular flexibility index (Phi) is 7.14. The Hall–Kier alpha value is -0.830. The highest BCUT2D eigenvalue weighted by Gasteiger charge is 2.48. The standard InChI is InChI=1S/C12H19NO2.C2H6.C2H4/c14-12(7-9-2-5-15-6-3-9)13-4-1-10-8-11(10)13;2*1-2/h9-11H,1-8H2;1-2H3;1-2H2. The van der Waals surface area contributed by atoms with Gasteiger partial charge in [0.2, 0.25) is 5.91 Å². The van der Waals surface area contributed by atoms with Gasteiger partial charge in [0.1, 0.15) is 0 Å². The molecule has 1 amide bonds. The zero-order valence-electron chi connectivity index (χ0n) is 12.6. The summed E-state index contributed by atoms with van der Waals surface area (Å²) in [7, 11) is 0. The van der Waals surface area contributed by atoms with E-state index in [1.54, 1.807) is 0 Å². The van der Waals surface area contributed by atoms with Crippen molar-refractivity contribution in [2.75, 3.05) is 19.8 Å². The highest BCUT2D eigenvalue weighted by molar-refractivity contribution is 5.77. The average molecular weight is 267 g/mol. The van der Waals surface area contributed by atoms with Crippen LogP contribution in [0.25, 0.3) is 0 Å². The second-order valence-corrected chi connectivity index (χ2v) is 5.20. The molecule has 0 spiro atoms. The summed E-state index contributed by atoms with van der Waals surface area (Å²) in [5.41, 5.74) is 0. The van der Waals surface area contributed by atoms with Crippen LogP contribution in [0.15, 0.2) is 13.2 Å². The Morgan fingerprint density at radius 3 is 2.32 bits per heavy atom. The summed E-state index contributed by atoms with van der Waals surface area (Å²) in [6.07, 6.45) is 5.46. The van der Waals surface area contributed by atoms with E-state index in [2.05, 4.69) is 18.1 Å². The van der Waals surface area contributed by atoms with E-state index in [1.165, 1.54) is 12.8 Å². The molecule has 19 heavy (non-hydrogen) atoms. The molecule has 2 heterocycles. The van der Waals surface area contributed by atoms with Gasteiger partial charge in [0.25, 0.3) is 0 Å². The summed E-state index contributed by atoms with van der Waals surface area (Å²) < 4.78 is 5.31. The van der Waals surface area contributed by atoms with E-state index >= 15 is 0 Å². The zero-order valence-corrected chi connectivity index (χ0v) is 12.6. The molecule has 3 fully saturated rings. The average Bonchev–Trinajstić information content (AvgIpc) is 3.14. The van der Waals surface area contributed by atoms with Crippen LogP contribution in [0.4, 0.5) is 0 Å². The van der Waals surface area contributed by atoms with Crippen molar-refractivity contribution in [3.05, 3.63) is 13.2 Å². The maximum Gasteiger partial charge on any atom is 0.223 e. The number of piperidine rings is 1. The summed E-state index contributed by atoms with van der Waals surface area (Å²) in [5.74, 6) is 1.86. The number of carbonyl (C=O) groups excluding carboxylic acids is 1. The Morgan fingerprint density at radius 1 is 1.21 bits per heavy atom. The fourth-order valence-corrected chi connectivity index (χ4v) is 3.02. The van der Waals surface area contributed by atoms with Crippen LogP contribution in [-0.2, 0) is 9.53 Å². The highest BCUT2D eigenvalue weighted by Crippen LogP contribution is 2.44. The third-order valence-corrected chi connectivity index (χ3v) is 4.15. The minimum atomic E-state index is 0.409. The molecular formula is C16H29NO2. The third kappa shape index (κ3) is 4.34. The number of amides is 1. The summed E-state index contributed by atoms with van der Waals surface area (Å²) in [6.45, 7) is 12.7. The van der Waals surface area contributed by atoms with Gasteiger partial charge in [0.15, 0.2) is 0 Å². The van der Waals surface area contributed by atoms with Gasteiger partial charge in [-0.1, -0.05) is 13.8 Å². The van der Waals surface area contributed by atoms with E-state index in [0.29, 0.717) is 17.9 Å². The van der Waals surface area contributed by atoms with Gasteiger partial charge in [-0.15, -0.1) is 13.2 Å². The molecule has 3 nitrogen and oxygen atoms in total. The maximum absolute atomic E-state index is 12.0. The topological polar surface area (TPSA) is 29.5 Å². The van der Waals surface area contributed by atoms with Gasteiger partial charge in [0.05, 0.1) is 0 Å². The van der Waals surface area contributed by atoms with Gasteiger partial charge in [-0.3, -0.25) is 4.79 Å². The Labute approximate surface area is 118 Å². The first-order chi connectivity index (χ1) is 9.34. The van der Waals surface area contributed by atoms with Gasteiger partial charge in [-0.2, -0.15) is 0 Å². The first-order valence-corrected chi connectivity index (χ1v) is 7.72. The molecule has 2 saturated heterocycles. The molecule has 2 aliphatic heterocycles. The molecule has 1 saturated carbocycles. The molecule has 3 aliphatic rings. The monoisotopic (exact) mass is 267 g/mol. The number of carbonyl (C=O) groups is 1. The number of nitrogens with zero attached hydrogens (tertiary/aromatic N) is 1. The molecule has 2 atom stereocenters. The van der Waals surface area contributed by atoms with Crippen molar-refractivity contribution in [1.29, 1.82) is 0 Å². The van der Waals surface area contributed by atoms with Crippen LogP contribution in [0, 0.1) is 11.8 Å². The molecule has 0 aromatic heterocycles. The van der Waals surface area contributed by atoms with Gasteiger partial charge in [-0.05, 0) is 37.5 Å². The van der Waals surface area contributed by atoms with Gasteiger partial charge in [-0.25, -0.2) is 0 Å². The minimum Gasteiger partial charge on any atom is -0.381 e. The maximum atomic E-state index is 12.0. The summed E-state index contributed by atoms with van der Waals surface area (Å²) in [4.78, 5) is 14.2. The number of hydrogen-bond donors (Lipinski definition) is 0. The molecule has 3 rings (SSSR count). The lowest BCUT2D eigenvalue weighted by molar-refractivity contribution is -0.132. The Balaban J connectivity index is 0.000000415. The smallest absolute Gasteiger partial charge is 0.223 e. The first kappa shape index (κ1) is 16.2. The van der Waals surface area contributed by atoms with Crippen LogP contribution in [0.2, 0.25) is 0 Å². The molecule has 0 aromatic rings. The molecule has 110 valence electrons. The molecule has 0 radical (unpaired) electrons. The lowest BCUT2D eigenvalue weighted by Crippen LogP contribution is -2.33. The van der Waals surface area contributed by atoms with Crippen molar-refractivity contribution in [1.82, 2.24) is 4.90 Å². The van der Waals surface area contributed by atoms with E-state index in [9.17, 15) is 4.79 Å². The SMILES string of the molecule is C=C.CC.O=C(CC1CCOCC1)N1CCC2CC21. The molecule has 2 unspecified atom stereocenters. The van der Waals surface area contributed by atoms with Gasteiger partial charge < -0.3 is 9.64 Å². The largest absolute Gasteiger partial charge is 0.381 e. The lowest BCUT2D eigenvalue weighted by atomic mass is 9.96. The fraction of sp³-hybridized carbons (Fsp3) is 0.812. The summed E-state index contributed by atoms with van der Waals surface area (Å²) >= 11 is 0. The number of fused-ring (bicyclic) bond motifs is 1. The van der Waals surface area contributed by atoms with Crippen molar-refractivity contribution in [3.63, 3.8) is 0 Å². The van der Waals surface area contributed by atoms with Crippen LogP contribution in [-0.4, -0.2) is 36.6 Å². The second kappa shape index (κ2) is 8.36. The first-order valence-electron chi connectivity index (χ1n) is 7.72. The van der Waals surface area contributed by atoms with Gasteiger partial charge in [0, 0.05) is 32.2 Å². The van der Waals surface area contributed by atoms with E-state index in [-0.39, 0.29) is 0 Å². The summed E-state index contributed by atoms with van der Waals surface area (Å²) in [5, 5.41) is 0. The predicted molar refractivity (Wildman–Crippen MR) is 79.0 cm³/mol. The highest BCUT2D eigenvalue weighted by atomic mass is 16.5.